The van der Waals surface area contributed by atoms with Crippen LogP contribution in [0.25, 0.3) is 0 Å². The minimum Gasteiger partial charge on any atom is -0.316 e. The van der Waals surface area contributed by atoms with Gasteiger partial charge in [-0.25, -0.2) is 4.39 Å². The Morgan fingerprint density at radius 3 is 2.57 bits per heavy atom. The SMILES string of the molecule is FC1(C2CCCCCN2)CCNCC1. The molecule has 0 aromatic heterocycles. The first-order valence-electron chi connectivity index (χ1n) is 5.94. The van der Waals surface area contributed by atoms with E-state index in [1.54, 1.807) is 0 Å². The lowest BCUT2D eigenvalue weighted by Gasteiger charge is -2.37. The highest BCUT2D eigenvalue weighted by molar-refractivity contribution is 4.96. The molecule has 0 aromatic rings. The van der Waals surface area contributed by atoms with Gasteiger partial charge in [-0.05, 0) is 45.3 Å². The molecule has 1 unspecified atom stereocenters. The van der Waals surface area contributed by atoms with Gasteiger partial charge in [-0.3, -0.25) is 0 Å². The number of nitrogens with one attached hydrogen (secondary N) is 2. The fourth-order valence-corrected chi connectivity index (χ4v) is 2.66. The smallest absolute Gasteiger partial charge is 0.128 e. The average Bonchev–Trinajstić information content (AvgIpc) is 2.47. The van der Waals surface area contributed by atoms with Crippen LogP contribution in [-0.2, 0) is 0 Å². The van der Waals surface area contributed by atoms with Gasteiger partial charge in [0, 0.05) is 6.04 Å². The van der Waals surface area contributed by atoms with Gasteiger partial charge in [0.05, 0.1) is 0 Å². The molecule has 0 radical (unpaired) electrons. The zero-order valence-electron chi connectivity index (χ0n) is 8.82. The molecular formula is C11H21FN2. The molecule has 0 aromatic carbocycles. The summed E-state index contributed by atoms with van der Waals surface area (Å²) in [7, 11) is 0. The molecule has 0 spiro atoms. The maximum Gasteiger partial charge on any atom is 0.128 e. The van der Waals surface area contributed by atoms with Crippen LogP contribution in [-0.4, -0.2) is 31.3 Å². The van der Waals surface area contributed by atoms with Crippen molar-refractivity contribution in [2.45, 2.75) is 50.2 Å². The molecule has 1 atom stereocenters. The highest BCUT2D eigenvalue weighted by Gasteiger charge is 2.39. The normalized spacial score (nSPS) is 33.6. The zero-order valence-corrected chi connectivity index (χ0v) is 8.82. The maximum atomic E-state index is 14.5. The van der Waals surface area contributed by atoms with Gasteiger partial charge in [0.2, 0.25) is 0 Å². The van der Waals surface area contributed by atoms with Crippen molar-refractivity contribution in [2.24, 2.45) is 0 Å². The van der Waals surface area contributed by atoms with E-state index in [0.717, 1.165) is 26.1 Å². The standard InChI is InChI=1S/C11H21FN2/c12-11(5-8-13-9-6-11)10-4-2-1-3-7-14-10/h10,13-14H,1-9H2. The van der Waals surface area contributed by atoms with E-state index >= 15 is 0 Å². The molecule has 14 heavy (non-hydrogen) atoms. The third-order valence-corrected chi connectivity index (χ3v) is 3.62. The number of halogens is 1. The molecule has 2 nitrogen and oxygen atoms in total. The number of rotatable bonds is 1. The maximum absolute atomic E-state index is 14.5. The second-order valence-corrected chi connectivity index (χ2v) is 4.64. The van der Waals surface area contributed by atoms with Crippen LogP contribution in [0.5, 0.6) is 0 Å². The van der Waals surface area contributed by atoms with Gasteiger partial charge in [0.25, 0.3) is 0 Å². The predicted octanol–water partition coefficient (Wildman–Crippen LogP) is 1.61. The summed E-state index contributed by atoms with van der Waals surface area (Å²) in [6.07, 6.45) is 6.06. The van der Waals surface area contributed by atoms with Gasteiger partial charge in [0.15, 0.2) is 0 Å². The lowest BCUT2D eigenvalue weighted by Crippen LogP contribution is -2.52. The van der Waals surface area contributed by atoms with Gasteiger partial charge in [-0.1, -0.05) is 12.8 Å². The van der Waals surface area contributed by atoms with Crippen molar-refractivity contribution < 1.29 is 4.39 Å². The quantitative estimate of drug-likeness (QED) is 0.672. The highest BCUT2D eigenvalue weighted by Crippen LogP contribution is 2.31. The third-order valence-electron chi connectivity index (χ3n) is 3.62. The van der Waals surface area contributed by atoms with Crippen molar-refractivity contribution in [3.63, 3.8) is 0 Å². The van der Waals surface area contributed by atoms with E-state index in [1.807, 2.05) is 0 Å². The van der Waals surface area contributed by atoms with Crippen LogP contribution in [0.1, 0.15) is 38.5 Å². The molecule has 0 bridgehead atoms. The van der Waals surface area contributed by atoms with Crippen LogP contribution in [0, 0.1) is 0 Å². The van der Waals surface area contributed by atoms with E-state index in [2.05, 4.69) is 10.6 Å². The van der Waals surface area contributed by atoms with Crippen LogP contribution < -0.4 is 10.6 Å². The first-order valence-corrected chi connectivity index (χ1v) is 5.94. The summed E-state index contributed by atoms with van der Waals surface area (Å²) in [4.78, 5) is 0. The Kier molecular flexibility index (Phi) is 3.39. The zero-order chi connectivity index (χ0) is 9.86. The van der Waals surface area contributed by atoms with Crippen LogP contribution in [0.15, 0.2) is 0 Å². The Hall–Kier alpha value is -0.150. The minimum atomic E-state index is -0.935. The van der Waals surface area contributed by atoms with Gasteiger partial charge < -0.3 is 10.6 Å². The van der Waals surface area contributed by atoms with E-state index in [9.17, 15) is 4.39 Å². The Labute approximate surface area is 85.6 Å². The molecule has 0 aliphatic carbocycles. The average molecular weight is 200 g/mol. The van der Waals surface area contributed by atoms with Gasteiger partial charge in [0.1, 0.15) is 5.67 Å². The van der Waals surface area contributed by atoms with E-state index in [-0.39, 0.29) is 6.04 Å². The minimum absolute atomic E-state index is 0.118. The number of hydrogen-bond acceptors (Lipinski definition) is 2. The molecule has 0 amide bonds. The number of alkyl halides is 1. The Bertz CT molecular complexity index is 170. The van der Waals surface area contributed by atoms with Crippen LogP contribution in [0.4, 0.5) is 4.39 Å². The summed E-state index contributed by atoms with van der Waals surface area (Å²) in [6.45, 7) is 2.69. The molecule has 2 aliphatic heterocycles. The van der Waals surface area contributed by atoms with E-state index in [4.69, 9.17) is 0 Å². The molecule has 2 rings (SSSR count). The molecule has 3 heteroatoms. The third kappa shape index (κ3) is 2.26. The van der Waals surface area contributed by atoms with Crippen molar-refractivity contribution >= 4 is 0 Å². The lowest BCUT2D eigenvalue weighted by molar-refractivity contribution is 0.0651. The molecule has 2 N–H and O–H groups in total. The molecule has 0 saturated carbocycles. The summed E-state index contributed by atoms with van der Waals surface area (Å²) < 4.78 is 14.5. The monoisotopic (exact) mass is 200 g/mol. The van der Waals surface area contributed by atoms with Crippen LogP contribution >= 0.6 is 0 Å². The first kappa shape index (κ1) is 10.4. The number of hydrogen-bond donors (Lipinski definition) is 2. The van der Waals surface area contributed by atoms with Crippen molar-refractivity contribution in [2.75, 3.05) is 19.6 Å². The lowest BCUT2D eigenvalue weighted by atomic mass is 9.84. The van der Waals surface area contributed by atoms with Gasteiger partial charge in [-0.15, -0.1) is 0 Å². The Morgan fingerprint density at radius 2 is 1.79 bits per heavy atom. The summed E-state index contributed by atoms with van der Waals surface area (Å²) >= 11 is 0. The topological polar surface area (TPSA) is 24.1 Å². The van der Waals surface area contributed by atoms with Crippen molar-refractivity contribution in [1.29, 1.82) is 0 Å². The van der Waals surface area contributed by atoms with Crippen LogP contribution in [0.3, 0.4) is 0 Å². The molecule has 2 heterocycles. The van der Waals surface area contributed by atoms with E-state index in [1.165, 1.54) is 19.3 Å². The van der Waals surface area contributed by atoms with Crippen molar-refractivity contribution in [1.82, 2.24) is 10.6 Å². The Balaban J connectivity index is 1.95. The highest BCUT2D eigenvalue weighted by atomic mass is 19.1. The fraction of sp³-hybridized carbons (Fsp3) is 1.00. The molecule has 2 saturated heterocycles. The second-order valence-electron chi connectivity index (χ2n) is 4.64. The predicted molar refractivity (Wildman–Crippen MR) is 56.2 cm³/mol. The molecule has 82 valence electrons. The first-order chi connectivity index (χ1) is 6.81. The van der Waals surface area contributed by atoms with E-state index in [0.29, 0.717) is 12.8 Å². The van der Waals surface area contributed by atoms with Crippen LogP contribution in [0.2, 0.25) is 0 Å². The Morgan fingerprint density at radius 1 is 1.00 bits per heavy atom. The van der Waals surface area contributed by atoms with Crippen molar-refractivity contribution in [3.05, 3.63) is 0 Å². The number of piperidine rings is 1. The summed E-state index contributed by atoms with van der Waals surface area (Å²) in [5, 5.41) is 6.62. The summed E-state index contributed by atoms with van der Waals surface area (Å²) in [5.41, 5.74) is -0.935. The van der Waals surface area contributed by atoms with Gasteiger partial charge >= 0.3 is 0 Å². The molecule has 2 aliphatic rings. The van der Waals surface area contributed by atoms with Crippen molar-refractivity contribution in [3.8, 4) is 0 Å². The summed E-state index contributed by atoms with van der Waals surface area (Å²) in [5.74, 6) is 0. The molecule has 2 fully saturated rings. The molecular weight excluding hydrogens is 179 g/mol. The van der Waals surface area contributed by atoms with Gasteiger partial charge in [-0.2, -0.15) is 0 Å². The summed E-state index contributed by atoms with van der Waals surface area (Å²) in [6, 6.07) is 0.118. The fourth-order valence-electron chi connectivity index (χ4n) is 2.66. The van der Waals surface area contributed by atoms with E-state index < -0.39 is 5.67 Å². The second kappa shape index (κ2) is 4.58. The largest absolute Gasteiger partial charge is 0.316 e.